The third-order valence-corrected chi connectivity index (χ3v) is 2.88. The number of β-amino-alcohol motifs (C(OH)–C–C–N with tert-alkyl or cyclic N) is 1. The Bertz CT molecular complexity index is 450. The zero-order valence-electron chi connectivity index (χ0n) is 10.2. The van der Waals surface area contributed by atoms with Gasteiger partial charge < -0.3 is 10.4 Å². The van der Waals surface area contributed by atoms with Crippen LogP contribution in [-0.2, 0) is 4.79 Å². The number of nitrogens with zero attached hydrogens (tertiary/aromatic N) is 1. The lowest BCUT2D eigenvalue weighted by atomic mass is 10.1. The summed E-state index contributed by atoms with van der Waals surface area (Å²) in [5, 5.41) is 11.8. The molecule has 96 valence electrons. The van der Waals surface area contributed by atoms with Gasteiger partial charge in [0, 0.05) is 24.3 Å². The average Bonchev–Trinajstić information content (AvgIpc) is 2.27. The molecule has 1 amide bonds. The van der Waals surface area contributed by atoms with E-state index in [1.54, 1.807) is 24.3 Å². The van der Waals surface area contributed by atoms with Gasteiger partial charge in [-0.05, 0) is 31.2 Å². The molecule has 2 rings (SSSR count). The fourth-order valence-electron chi connectivity index (χ4n) is 1.86. The summed E-state index contributed by atoms with van der Waals surface area (Å²) in [5.74, 6) is -0.111. The van der Waals surface area contributed by atoms with Crippen LogP contribution in [0.4, 0.5) is 5.69 Å². The van der Waals surface area contributed by atoms with Crippen LogP contribution < -0.4 is 5.32 Å². The summed E-state index contributed by atoms with van der Waals surface area (Å²) in [6.07, 6.45) is -0.298. The van der Waals surface area contributed by atoms with Gasteiger partial charge in [-0.15, -0.1) is 0 Å². The molecule has 1 aliphatic heterocycles. The second-order valence-corrected chi connectivity index (χ2v) is 4.53. The van der Waals surface area contributed by atoms with Crippen molar-refractivity contribution >= 4 is 17.4 Å². The molecule has 0 atom stereocenters. The fourth-order valence-corrected chi connectivity index (χ4v) is 1.86. The number of likely N-dealkylation sites (tertiary alicyclic amines) is 1. The number of Topliss-reactive ketones (excluding diaryl/α,β-unsaturated/α-hetero) is 1. The summed E-state index contributed by atoms with van der Waals surface area (Å²) >= 11 is 0. The maximum absolute atomic E-state index is 11.6. The molecule has 1 aromatic carbocycles. The van der Waals surface area contributed by atoms with Gasteiger partial charge in [0.1, 0.15) is 0 Å². The number of hydrogen-bond acceptors (Lipinski definition) is 4. The minimum Gasteiger partial charge on any atom is -0.390 e. The van der Waals surface area contributed by atoms with Crippen molar-refractivity contribution in [2.24, 2.45) is 0 Å². The third-order valence-electron chi connectivity index (χ3n) is 2.88. The van der Waals surface area contributed by atoms with Crippen molar-refractivity contribution in [1.29, 1.82) is 0 Å². The summed E-state index contributed by atoms with van der Waals surface area (Å²) in [7, 11) is 0. The molecule has 0 aliphatic carbocycles. The number of amides is 1. The number of carbonyl (C=O) groups is 2. The van der Waals surface area contributed by atoms with Crippen LogP contribution in [0.2, 0.25) is 0 Å². The Kier molecular flexibility index (Phi) is 3.74. The van der Waals surface area contributed by atoms with E-state index in [0.29, 0.717) is 24.3 Å². The number of hydrogen-bond donors (Lipinski definition) is 2. The summed E-state index contributed by atoms with van der Waals surface area (Å²) in [5.41, 5.74) is 1.30. The van der Waals surface area contributed by atoms with Crippen molar-refractivity contribution in [3.8, 4) is 0 Å². The second kappa shape index (κ2) is 5.29. The van der Waals surface area contributed by atoms with E-state index in [9.17, 15) is 9.59 Å². The molecule has 1 heterocycles. The lowest BCUT2D eigenvalue weighted by Gasteiger charge is -2.34. The molecule has 0 bridgehead atoms. The van der Waals surface area contributed by atoms with Crippen molar-refractivity contribution < 1.29 is 14.7 Å². The molecule has 1 saturated heterocycles. The van der Waals surface area contributed by atoms with Gasteiger partial charge >= 0.3 is 0 Å². The molecular weight excluding hydrogens is 232 g/mol. The van der Waals surface area contributed by atoms with Crippen LogP contribution in [0.25, 0.3) is 0 Å². The Morgan fingerprint density at radius 1 is 1.33 bits per heavy atom. The van der Waals surface area contributed by atoms with Crippen molar-refractivity contribution in [2.75, 3.05) is 25.0 Å². The highest BCUT2D eigenvalue weighted by atomic mass is 16.3. The summed E-state index contributed by atoms with van der Waals surface area (Å²) in [6.45, 7) is 2.89. The van der Waals surface area contributed by atoms with E-state index in [2.05, 4.69) is 5.32 Å². The maximum Gasteiger partial charge on any atom is 0.238 e. The van der Waals surface area contributed by atoms with E-state index in [-0.39, 0.29) is 24.3 Å². The molecule has 1 aliphatic rings. The van der Waals surface area contributed by atoms with Crippen molar-refractivity contribution in [1.82, 2.24) is 4.90 Å². The summed E-state index contributed by atoms with van der Waals surface area (Å²) in [4.78, 5) is 24.6. The molecule has 5 heteroatoms. The van der Waals surface area contributed by atoms with Crippen LogP contribution in [0.15, 0.2) is 24.3 Å². The second-order valence-electron chi connectivity index (χ2n) is 4.53. The van der Waals surface area contributed by atoms with Crippen molar-refractivity contribution in [3.63, 3.8) is 0 Å². The Balaban J connectivity index is 1.85. The monoisotopic (exact) mass is 248 g/mol. The van der Waals surface area contributed by atoms with E-state index in [4.69, 9.17) is 5.11 Å². The van der Waals surface area contributed by atoms with Gasteiger partial charge in [0.25, 0.3) is 0 Å². The van der Waals surface area contributed by atoms with Gasteiger partial charge in [0.05, 0.1) is 12.6 Å². The lowest BCUT2D eigenvalue weighted by molar-refractivity contribution is -0.119. The highest BCUT2D eigenvalue weighted by Crippen LogP contribution is 2.11. The zero-order chi connectivity index (χ0) is 13.1. The molecule has 5 nitrogen and oxygen atoms in total. The van der Waals surface area contributed by atoms with E-state index < -0.39 is 0 Å². The predicted molar refractivity (Wildman–Crippen MR) is 67.5 cm³/mol. The lowest BCUT2D eigenvalue weighted by Crippen LogP contribution is -2.53. The van der Waals surface area contributed by atoms with Crippen LogP contribution in [0.5, 0.6) is 0 Å². The molecule has 0 aromatic heterocycles. The number of ketones is 1. The molecule has 0 radical (unpaired) electrons. The van der Waals surface area contributed by atoms with E-state index in [0.717, 1.165) is 0 Å². The van der Waals surface area contributed by atoms with E-state index in [1.807, 2.05) is 4.90 Å². The van der Waals surface area contributed by atoms with E-state index >= 15 is 0 Å². The standard InChI is InChI=1S/C13H16N2O3/c1-9(16)10-2-4-11(5-3-10)14-13(18)8-15-6-12(17)7-15/h2-5,12,17H,6-8H2,1H3,(H,14,18). The number of nitrogens with one attached hydrogen (secondary N) is 1. The Morgan fingerprint density at radius 2 is 1.94 bits per heavy atom. The first kappa shape index (κ1) is 12.7. The summed E-state index contributed by atoms with van der Waals surface area (Å²) < 4.78 is 0. The highest BCUT2D eigenvalue weighted by Gasteiger charge is 2.25. The van der Waals surface area contributed by atoms with Gasteiger partial charge in [-0.3, -0.25) is 14.5 Å². The van der Waals surface area contributed by atoms with Crippen LogP contribution in [0, 0.1) is 0 Å². The predicted octanol–water partition coefficient (Wildman–Crippen LogP) is 0.504. The molecule has 0 unspecified atom stereocenters. The highest BCUT2D eigenvalue weighted by molar-refractivity contribution is 5.96. The van der Waals surface area contributed by atoms with Gasteiger partial charge in [-0.25, -0.2) is 0 Å². The molecule has 2 N–H and O–H groups in total. The number of benzene rings is 1. The molecule has 1 fully saturated rings. The Hall–Kier alpha value is -1.72. The molecule has 18 heavy (non-hydrogen) atoms. The van der Waals surface area contributed by atoms with Crippen LogP contribution in [0.1, 0.15) is 17.3 Å². The maximum atomic E-state index is 11.6. The van der Waals surface area contributed by atoms with Crippen LogP contribution in [-0.4, -0.2) is 47.4 Å². The normalized spacial score (nSPS) is 16.1. The topological polar surface area (TPSA) is 69.6 Å². The summed E-state index contributed by atoms with van der Waals surface area (Å²) in [6, 6.07) is 6.79. The van der Waals surface area contributed by atoms with Crippen molar-refractivity contribution in [2.45, 2.75) is 13.0 Å². The number of aliphatic hydroxyl groups excluding tert-OH is 1. The van der Waals surface area contributed by atoms with Gasteiger partial charge in [-0.1, -0.05) is 0 Å². The Morgan fingerprint density at radius 3 is 2.44 bits per heavy atom. The first-order valence-electron chi connectivity index (χ1n) is 5.86. The average molecular weight is 248 g/mol. The fraction of sp³-hybridized carbons (Fsp3) is 0.385. The minimum absolute atomic E-state index is 0.00226. The van der Waals surface area contributed by atoms with Crippen LogP contribution in [0.3, 0.4) is 0 Å². The van der Waals surface area contributed by atoms with Gasteiger partial charge in [-0.2, -0.15) is 0 Å². The quantitative estimate of drug-likeness (QED) is 0.761. The zero-order valence-corrected chi connectivity index (χ0v) is 10.2. The number of aliphatic hydroxyl groups is 1. The third kappa shape index (κ3) is 3.15. The molecule has 1 aromatic rings. The molecule has 0 saturated carbocycles. The molecule has 0 spiro atoms. The minimum atomic E-state index is -0.298. The smallest absolute Gasteiger partial charge is 0.238 e. The number of carbonyl (C=O) groups excluding carboxylic acids is 2. The SMILES string of the molecule is CC(=O)c1ccc(NC(=O)CN2CC(O)C2)cc1. The van der Waals surface area contributed by atoms with Gasteiger partial charge in [0.2, 0.25) is 5.91 Å². The van der Waals surface area contributed by atoms with Crippen LogP contribution >= 0.6 is 0 Å². The Labute approximate surface area is 105 Å². The largest absolute Gasteiger partial charge is 0.390 e. The number of anilines is 1. The molecular formula is C13H16N2O3. The number of rotatable bonds is 4. The van der Waals surface area contributed by atoms with Gasteiger partial charge in [0.15, 0.2) is 5.78 Å². The first-order valence-corrected chi connectivity index (χ1v) is 5.86. The van der Waals surface area contributed by atoms with E-state index in [1.165, 1.54) is 6.92 Å². The first-order chi connectivity index (χ1) is 8.54. The van der Waals surface area contributed by atoms with Crippen molar-refractivity contribution in [3.05, 3.63) is 29.8 Å².